The minimum absolute atomic E-state index is 0.111. The Balaban J connectivity index is 2.27. The van der Waals surface area contributed by atoms with Crippen LogP contribution in [-0.4, -0.2) is 29.2 Å². The lowest BCUT2D eigenvalue weighted by Crippen LogP contribution is -2.30. The number of aliphatic hydroxyl groups excluding tert-OH is 1. The molecule has 1 aromatic carbocycles. The molecule has 0 saturated carbocycles. The molecule has 0 amide bonds. The number of rotatable bonds is 3. The summed E-state index contributed by atoms with van der Waals surface area (Å²) >= 11 is 6.10. The van der Waals surface area contributed by atoms with E-state index in [9.17, 15) is 9.50 Å². The lowest BCUT2D eigenvalue weighted by Gasteiger charge is -2.28. The van der Waals surface area contributed by atoms with Gasteiger partial charge in [-0.15, -0.1) is 0 Å². The zero-order valence-electron chi connectivity index (χ0n) is 10.7. The first kappa shape index (κ1) is 13.8. The van der Waals surface area contributed by atoms with Crippen molar-refractivity contribution in [1.82, 2.24) is 4.90 Å². The second kappa shape index (κ2) is 5.55. The van der Waals surface area contributed by atoms with Crippen LogP contribution in [0.2, 0.25) is 5.02 Å². The highest BCUT2D eigenvalue weighted by Gasteiger charge is 2.35. The van der Waals surface area contributed by atoms with Gasteiger partial charge >= 0.3 is 0 Å². The summed E-state index contributed by atoms with van der Waals surface area (Å²) in [5.41, 5.74) is 0.823. The minimum Gasteiger partial charge on any atom is -0.391 e. The summed E-state index contributed by atoms with van der Waals surface area (Å²) in [5, 5.41) is 10.5. The van der Waals surface area contributed by atoms with Crippen LogP contribution in [0.4, 0.5) is 4.39 Å². The van der Waals surface area contributed by atoms with Crippen molar-refractivity contribution in [2.24, 2.45) is 5.92 Å². The number of likely N-dealkylation sites (tertiary alicyclic amines) is 1. The molecule has 0 bridgehead atoms. The van der Waals surface area contributed by atoms with E-state index < -0.39 is 6.10 Å². The van der Waals surface area contributed by atoms with Crippen molar-refractivity contribution in [2.45, 2.75) is 32.4 Å². The topological polar surface area (TPSA) is 23.5 Å². The maximum Gasteiger partial charge on any atom is 0.124 e. The lowest BCUT2D eigenvalue weighted by molar-refractivity contribution is 0.110. The number of hydrogen-bond donors (Lipinski definition) is 1. The van der Waals surface area contributed by atoms with E-state index in [0.717, 1.165) is 25.1 Å². The van der Waals surface area contributed by atoms with E-state index in [1.54, 1.807) is 6.07 Å². The van der Waals surface area contributed by atoms with Crippen molar-refractivity contribution < 1.29 is 9.50 Å². The van der Waals surface area contributed by atoms with Crippen LogP contribution in [0.1, 0.15) is 31.9 Å². The monoisotopic (exact) mass is 271 g/mol. The molecule has 0 spiro atoms. The van der Waals surface area contributed by atoms with Gasteiger partial charge in [0.15, 0.2) is 0 Å². The summed E-state index contributed by atoms with van der Waals surface area (Å²) in [6.07, 6.45) is 0.317. The highest BCUT2D eigenvalue weighted by Crippen LogP contribution is 2.36. The number of hydrogen-bond acceptors (Lipinski definition) is 2. The van der Waals surface area contributed by atoms with Gasteiger partial charge in [-0.2, -0.15) is 0 Å². The predicted octanol–water partition coefficient (Wildman–Crippen LogP) is 3.24. The van der Waals surface area contributed by atoms with Crippen molar-refractivity contribution in [1.29, 1.82) is 0 Å². The van der Waals surface area contributed by atoms with Gasteiger partial charge < -0.3 is 5.11 Å². The average Bonchev–Trinajstić information content (AvgIpc) is 2.60. The quantitative estimate of drug-likeness (QED) is 0.912. The van der Waals surface area contributed by atoms with Gasteiger partial charge in [-0.25, -0.2) is 4.39 Å². The summed E-state index contributed by atoms with van der Waals surface area (Å²) in [6, 6.07) is 4.29. The average molecular weight is 272 g/mol. The fourth-order valence-corrected chi connectivity index (χ4v) is 2.94. The number of nitrogens with zero attached hydrogens (tertiary/aromatic N) is 1. The van der Waals surface area contributed by atoms with Gasteiger partial charge in [-0.3, -0.25) is 4.90 Å². The van der Waals surface area contributed by atoms with Crippen LogP contribution in [0.3, 0.4) is 0 Å². The molecule has 18 heavy (non-hydrogen) atoms. The molecule has 1 fully saturated rings. The lowest BCUT2D eigenvalue weighted by atomic mass is 10.0. The zero-order valence-corrected chi connectivity index (χ0v) is 11.5. The molecule has 2 unspecified atom stereocenters. The zero-order chi connectivity index (χ0) is 13.3. The third-order valence-electron chi connectivity index (χ3n) is 3.35. The van der Waals surface area contributed by atoms with E-state index in [4.69, 9.17) is 11.6 Å². The molecule has 1 heterocycles. The second-order valence-corrected chi connectivity index (χ2v) is 5.76. The maximum atomic E-state index is 13.1. The Hall–Kier alpha value is -0.640. The Morgan fingerprint density at radius 2 is 2.22 bits per heavy atom. The molecule has 0 aromatic heterocycles. The first-order chi connectivity index (χ1) is 8.49. The summed E-state index contributed by atoms with van der Waals surface area (Å²) < 4.78 is 13.1. The van der Waals surface area contributed by atoms with Crippen molar-refractivity contribution in [3.63, 3.8) is 0 Å². The number of halogens is 2. The Morgan fingerprint density at radius 1 is 1.50 bits per heavy atom. The fourth-order valence-electron chi connectivity index (χ4n) is 2.66. The van der Waals surface area contributed by atoms with Gasteiger partial charge in [0.2, 0.25) is 0 Å². The van der Waals surface area contributed by atoms with Crippen LogP contribution in [0.25, 0.3) is 0 Å². The third-order valence-corrected chi connectivity index (χ3v) is 3.68. The van der Waals surface area contributed by atoms with E-state index in [-0.39, 0.29) is 11.9 Å². The summed E-state index contributed by atoms with van der Waals surface area (Å²) in [6.45, 7) is 6.06. The number of aliphatic hydroxyl groups is 1. The summed E-state index contributed by atoms with van der Waals surface area (Å²) in [5.74, 6) is 0.184. The molecule has 2 atom stereocenters. The largest absolute Gasteiger partial charge is 0.391 e. The van der Waals surface area contributed by atoms with E-state index in [1.165, 1.54) is 12.1 Å². The molecule has 4 heteroatoms. The van der Waals surface area contributed by atoms with Gasteiger partial charge in [0.1, 0.15) is 5.82 Å². The SMILES string of the molecule is CC(C)CN1CCC(O)C1c1ccc(F)cc1Cl. The van der Waals surface area contributed by atoms with E-state index in [1.807, 2.05) is 0 Å². The third kappa shape index (κ3) is 2.85. The second-order valence-electron chi connectivity index (χ2n) is 5.36. The molecule has 2 rings (SSSR count). The minimum atomic E-state index is -0.424. The van der Waals surface area contributed by atoms with Crippen LogP contribution in [0.15, 0.2) is 18.2 Å². The highest BCUT2D eigenvalue weighted by molar-refractivity contribution is 6.31. The van der Waals surface area contributed by atoms with E-state index in [0.29, 0.717) is 10.9 Å². The van der Waals surface area contributed by atoms with Crippen LogP contribution >= 0.6 is 11.6 Å². The van der Waals surface area contributed by atoms with E-state index in [2.05, 4.69) is 18.7 Å². The van der Waals surface area contributed by atoms with Gasteiger partial charge in [0, 0.05) is 18.1 Å². The Bertz CT molecular complexity index is 424. The van der Waals surface area contributed by atoms with Gasteiger partial charge in [0.05, 0.1) is 12.1 Å². The normalized spacial score (nSPS) is 25.0. The summed E-state index contributed by atoms with van der Waals surface area (Å²) in [4.78, 5) is 2.23. The molecule has 0 aliphatic carbocycles. The molecular formula is C14H19ClFNO. The molecule has 2 nitrogen and oxygen atoms in total. The van der Waals surface area contributed by atoms with Crippen LogP contribution in [-0.2, 0) is 0 Å². The Kier molecular flexibility index (Phi) is 4.25. The Labute approximate surface area is 112 Å². The maximum absolute atomic E-state index is 13.1. The van der Waals surface area contributed by atoms with Gasteiger partial charge in [-0.05, 0) is 30.0 Å². The van der Waals surface area contributed by atoms with Gasteiger partial charge in [0.25, 0.3) is 0 Å². The standard InChI is InChI=1S/C14H19ClFNO/c1-9(2)8-17-6-5-13(18)14(17)11-4-3-10(16)7-12(11)15/h3-4,7,9,13-14,18H,5-6,8H2,1-2H3. The van der Waals surface area contributed by atoms with Gasteiger partial charge in [-0.1, -0.05) is 31.5 Å². The molecule has 1 N–H and O–H groups in total. The van der Waals surface area contributed by atoms with Crippen LogP contribution in [0.5, 0.6) is 0 Å². The van der Waals surface area contributed by atoms with Crippen molar-refractivity contribution in [3.8, 4) is 0 Å². The van der Waals surface area contributed by atoms with Crippen molar-refractivity contribution in [3.05, 3.63) is 34.6 Å². The highest BCUT2D eigenvalue weighted by atomic mass is 35.5. The molecule has 1 aliphatic heterocycles. The fraction of sp³-hybridized carbons (Fsp3) is 0.571. The van der Waals surface area contributed by atoms with Crippen molar-refractivity contribution in [2.75, 3.05) is 13.1 Å². The predicted molar refractivity (Wildman–Crippen MR) is 71.2 cm³/mol. The van der Waals surface area contributed by atoms with E-state index >= 15 is 0 Å². The summed E-state index contributed by atoms with van der Waals surface area (Å²) in [7, 11) is 0. The van der Waals surface area contributed by atoms with Crippen molar-refractivity contribution >= 4 is 11.6 Å². The molecule has 1 saturated heterocycles. The van der Waals surface area contributed by atoms with Crippen LogP contribution < -0.4 is 0 Å². The first-order valence-electron chi connectivity index (χ1n) is 6.36. The molecular weight excluding hydrogens is 253 g/mol. The molecule has 1 aliphatic rings. The Morgan fingerprint density at radius 3 is 2.83 bits per heavy atom. The van der Waals surface area contributed by atoms with Crippen LogP contribution in [0, 0.1) is 11.7 Å². The smallest absolute Gasteiger partial charge is 0.124 e. The first-order valence-corrected chi connectivity index (χ1v) is 6.74. The molecule has 1 aromatic rings. The number of benzene rings is 1. The molecule has 0 radical (unpaired) electrons. The molecule has 100 valence electrons.